The molecule has 19 heavy (non-hydrogen) atoms. The topological polar surface area (TPSA) is 52.0 Å². The van der Waals surface area contributed by atoms with Crippen molar-refractivity contribution in [1.29, 1.82) is 0 Å². The molecule has 0 spiro atoms. The molecule has 0 bridgehead atoms. The molecule has 1 heterocycles. The number of anilines is 1. The van der Waals surface area contributed by atoms with Crippen molar-refractivity contribution in [3.63, 3.8) is 0 Å². The largest absolute Gasteiger partial charge is 0.436 e. The van der Waals surface area contributed by atoms with Crippen LogP contribution in [0.4, 0.5) is 5.69 Å². The number of hydrogen-bond acceptors (Lipinski definition) is 3. The highest BCUT2D eigenvalue weighted by molar-refractivity contribution is 6.37. The molecule has 0 aliphatic heterocycles. The molecule has 3 aromatic rings. The molecular weight excluding hydrogens is 283 g/mol. The molecule has 3 nitrogen and oxygen atoms in total. The van der Waals surface area contributed by atoms with Gasteiger partial charge in [0.25, 0.3) is 0 Å². The molecule has 0 aliphatic carbocycles. The van der Waals surface area contributed by atoms with Crippen molar-refractivity contribution >= 4 is 40.0 Å². The van der Waals surface area contributed by atoms with E-state index in [0.29, 0.717) is 32.8 Å². The third-order valence-corrected chi connectivity index (χ3v) is 3.48. The molecular formula is C14H10Cl2N2O. The molecule has 96 valence electrons. The maximum atomic E-state index is 6.02. The summed E-state index contributed by atoms with van der Waals surface area (Å²) in [7, 11) is 0. The number of nitrogens with zero attached hydrogens (tertiary/aromatic N) is 1. The van der Waals surface area contributed by atoms with E-state index >= 15 is 0 Å². The van der Waals surface area contributed by atoms with Crippen molar-refractivity contribution in [3.05, 3.63) is 45.9 Å². The fourth-order valence-electron chi connectivity index (χ4n) is 1.96. The smallest absolute Gasteiger partial charge is 0.229 e. The van der Waals surface area contributed by atoms with E-state index in [-0.39, 0.29) is 0 Å². The first-order chi connectivity index (χ1) is 9.06. The van der Waals surface area contributed by atoms with Crippen LogP contribution in [0, 0.1) is 6.92 Å². The van der Waals surface area contributed by atoms with Crippen molar-refractivity contribution in [2.24, 2.45) is 0 Å². The van der Waals surface area contributed by atoms with Crippen LogP contribution in [-0.2, 0) is 0 Å². The molecule has 2 N–H and O–H groups in total. The number of nitrogens with two attached hydrogens (primary N) is 1. The standard InChI is InChI=1S/C14H10Cl2N2O/c1-7-3-2-4-11-13(7)18-14(19-11)9-5-8(15)6-10(16)12(9)17/h2-6H,17H2,1H3. The third kappa shape index (κ3) is 2.05. The minimum atomic E-state index is 0.390. The van der Waals surface area contributed by atoms with Crippen LogP contribution in [0.2, 0.25) is 10.0 Å². The predicted molar refractivity (Wildman–Crippen MR) is 78.6 cm³/mol. The average molecular weight is 293 g/mol. The quantitative estimate of drug-likeness (QED) is 0.662. The van der Waals surface area contributed by atoms with Crippen LogP contribution in [0.1, 0.15) is 5.56 Å². The Bertz CT molecular complexity index is 780. The van der Waals surface area contributed by atoms with Gasteiger partial charge in [0.05, 0.1) is 16.3 Å². The van der Waals surface area contributed by atoms with Gasteiger partial charge in [-0.3, -0.25) is 0 Å². The molecule has 0 fully saturated rings. The molecule has 0 saturated carbocycles. The minimum Gasteiger partial charge on any atom is -0.436 e. The summed E-state index contributed by atoms with van der Waals surface area (Å²) >= 11 is 12.0. The number of halogens is 2. The van der Waals surface area contributed by atoms with Crippen LogP contribution in [0.25, 0.3) is 22.6 Å². The molecule has 3 rings (SSSR count). The molecule has 0 atom stereocenters. The van der Waals surface area contributed by atoms with Crippen LogP contribution < -0.4 is 5.73 Å². The van der Waals surface area contributed by atoms with Crippen molar-refractivity contribution in [1.82, 2.24) is 4.98 Å². The normalized spacial score (nSPS) is 11.1. The van der Waals surface area contributed by atoms with Gasteiger partial charge >= 0.3 is 0 Å². The molecule has 0 saturated heterocycles. The highest BCUT2D eigenvalue weighted by Crippen LogP contribution is 2.36. The minimum absolute atomic E-state index is 0.390. The Hall–Kier alpha value is -1.71. The monoisotopic (exact) mass is 292 g/mol. The Kier molecular flexibility index (Phi) is 2.88. The van der Waals surface area contributed by atoms with Gasteiger partial charge in [-0.05, 0) is 30.7 Å². The fraction of sp³-hybridized carbons (Fsp3) is 0.0714. The zero-order valence-electron chi connectivity index (χ0n) is 10.1. The Balaban J connectivity index is 2.28. The zero-order valence-corrected chi connectivity index (χ0v) is 11.6. The Morgan fingerprint density at radius 1 is 1.21 bits per heavy atom. The zero-order chi connectivity index (χ0) is 13.6. The second-order valence-corrected chi connectivity index (χ2v) is 5.13. The number of para-hydroxylation sites is 1. The van der Waals surface area contributed by atoms with Gasteiger partial charge in [0.2, 0.25) is 5.89 Å². The van der Waals surface area contributed by atoms with Crippen LogP contribution in [0.3, 0.4) is 0 Å². The summed E-state index contributed by atoms with van der Waals surface area (Å²) < 4.78 is 5.72. The maximum Gasteiger partial charge on any atom is 0.229 e. The maximum absolute atomic E-state index is 6.02. The van der Waals surface area contributed by atoms with E-state index in [1.54, 1.807) is 12.1 Å². The highest BCUT2D eigenvalue weighted by atomic mass is 35.5. The van der Waals surface area contributed by atoms with E-state index in [4.69, 9.17) is 33.4 Å². The van der Waals surface area contributed by atoms with Gasteiger partial charge in [-0.1, -0.05) is 35.3 Å². The molecule has 0 aliphatic rings. The van der Waals surface area contributed by atoms with Gasteiger partial charge in [0.1, 0.15) is 5.52 Å². The van der Waals surface area contributed by atoms with Gasteiger partial charge in [0.15, 0.2) is 5.58 Å². The van der Waals surface area contributed by atoms with Crippen molar-refractivity contribution in [2.45, 2.75) is 6.92 Å². The SMILES string of the molecule is Cc1cccc2oc(-c3cc(Cl)cc(Cl)c3N)nc12. The van der Waals surface area contributed by atoms with Gasteiger partial charge < -0.3 is 10.2 Å². The second kappa shape index (κ2) is 4.44. The third-order valence-electron chi connectivity index (χ3n) is 2.95. The van der Waals surface area contributed by atoms with Crippen molar-refractivity contribution in [3.8, 4) is 11.5 Å². The van der Waals surface area contributed by atoms with E-state index in [1.165, 1.54) is 0 Å². The lowest BCUT2D eigenvalue weighted by Crippen LogP contribution is -1.91. The molecule has 0 amide bonds. The van der Waals surface area contributed by atoms with Crippen LogP contribution in [0.15, 0.2) is 34.7 Å². The van der Waals surface area contributed by atoms with Crippen molar-refractivity contribution in [2.75, 3.05) is 5.73 Å². The summed E-state index contributed by atoms with van der Waals surface area (Å²) in [6.45, 7) is 1.98. The number of aryl methyl sites for hydroxylation is 1. The lowest BCUT2D eigenvalue weighted by Gasteiger charge is -2.04. The van der Waals surface area contributed by atoms with Crippen LogP contribution >= 0.6 is 23.2 Å². The van der Waals surface area contributed by atoms with E-state index in [1.807, 2.05) is 25.1 Å². The number of rotatable bonds is 1. The Labute approximate surface area is 119 Å². The molecule has 0 radical (unpaired) electrons. The first kappa shape index (κ1) is 12.3. The van der Waals surface area contributed by atoms with Gasteiger partial charge in [-0.15, -0.1) is 0 Å². The van der Waals surface area contributed by atoms with E-state index in [0.717, 1.165) is 11.1 Å². The fourth-order valence-corrected chi connectivity index (χ4v) is 2.46. The summed E-state index contributed by atoms with van der Waals surface area (Å²) in [6, 6.07) is 9.05. The van der Waals surface area contributed by atoms with Gasteiger partial charge in [-0.2, -0.15) is 0 Å². The van der Waals surface area contributed by atoms with Gasteiger partial charge in [-0.25, -0.2) is 4.98 Å². The van der Waals surface area contributed by atoms with Gasteiger partial charge in [0, 0.05) is 5.02 Å². The highest BCUT2D eigenvalue weighted by Gasteiger charge is 2.15. The molecule has 0 unspecified atom stereocenters. The number of hydrogen-bond donors (Lipinski definition) is 1. The first-order valence-electron chi connectivity index (χ1n) is 5.67. The summed E-state index contributed by atoms with van der Waals surface area (Å²) in [4.78, 5) is 4.46. The average Bonchev–Trinajstić information content (AvgIpc) is 2.79. The number of aromatic nitrogens is 1. The summed E-state index contributed by atoms with van der Waals surface area (Å²) in [5, 5.41) is 0.884. The predicted octanol–water partition coefficient (Wildman–Crippen LogP) is 4.69. The van der Waals surface area contributed by atoms with E-state index in [2.05, 4.69) is 4.98 Å². The lowest BCUT2D eigenvalue weighted by molar-refractivity contribution is 0.620. The first-order valence-corrected chi connectivity index (χ1v) is 6.43. The van der Waals surface area contributed by atoms with E-state index < -0.39 is 0 Å². The number of benzene rings is 2. The number of oxazole rings is 1. The Morgan fingerprint density at radius 2 is 2.00 bits per heavy atom. The summed E-state index contributed by atoms with van der Waals surface area (Å²) in [5.41, 5.74) is 9.54. The van der Waals surface area contributed by atoms with E-state index in [9.17, 15) is 0 Å². The summed E-state index contributed by atoms with van der Waals surface area (Å²) in [6.07, 6.45) is 0. The molecule has 5 heteroatoms. The second-order valence-electron chi connectivity index (χ2n) is 4.29. The number of fused-ring (bicyclic) bond motifs is 1. The molecule has 2 aromatic carbocycles. The number of nitrogen functional groups attached to an aromatic ring is 1. The summed E-state index contributed by atoms with van der Waals surface area (Å²) in [5.74, 6) is 0.422. The lowest BCUT2D eigenvalue weighted by atomic mass is 10.2. The molecule has 1 aromatic heterocycles. The van der Waals surface area contributed by atoms with Crippen molar-refractivity contribution < 1.29 is 4.42 Å². The van der Waals surface area contributed by atoms with Crippen LogP contribution in [0.5, 0.6) is 0 Å². The van der Waals surface area contributed by atoms with Crippen LogP contribution in [-0.4, -0.2) is 4.98 Å². The Morgan fingerprint density at radius 3 is 2.74 bits per heavy atom.